The Morgan fingerprint density at radius 1 is 1.07 bits per heavy atom. The van der Waals surface area contributed by atoms with E-state index in [0.717, 1.165) is 18.7 Å². The summed E-state index contributed by atoms with van der Waals surface area (Å²) >= 11 is 0. The molecule has 0 aromatic heterocycles. The molecule has 154 valence electrons. The van der Waals surface area contributed by atoms with Crippen LogP contribution < -0.4 is 0 Å². The zero-order chi connectivity index (χ0) is 20.6. The third-order valence-corrected chi connectivity index (χ3v) is 6.75. The SMILES string of the molecule is CCN(CC)CCN1C(=O)CC2(Cc3ccccc3)C(=O)CC(C)(C)CC12O. The van der Waals surface area contributed by atoms with Gasteiger partial charge in [-0.2, -0.15) is 0 Å². The number of carbonyl (C=O) groups excluding carboxylic acids is 2. The first kappa shape index (κ1) is 21.0. The molecule has 1 aliphatic heterocycles. The van der Waals surface area contributed by atoms with Crippen molar-refractivity contribution in [2.75, 3.05) is 26.2 Å². The Kier molecular flexibility index (Phi) is 5.70. The second kappa shape index (κ2) is 7.60. The molecule has 3 rings (SSSR count). The Balaban J connectivity index is 1.98. The molecule has 5 heteroatoms. The zero-order valence-electron chi connectivity index (χ0n) is 17.7. The molecule has 5 nitrogen and oxygen atoms in total. The van der Waals surface area contributed by atoms with Crippen LogP contribution in [-0.4, -0.2) is 58.5 Å². The lowest BCUT2D eigenvalue weighted by Gasteiger charge is -2.52. The summed E-state index contributed by atoms with van der Waals surface area (Å²) in [5.74, 6) is -0.0783. The second-order valence-corrected chi connectivity index (χ2v) is 9.25. The van der Waals surface area contributed by atoms with Crippen LogP contribution in [0.4, 0.5) is 0 Å². The highest BCUT2D eigenvalue weighted by atomic mass is 16.3. The van der Waals surface area contributed by atoms with Crippen LogP contribution in [0.25, 0.3) is 0 Å². The Morgan fingerprint density at radius 3 is 2.32 bits per heavy atom. The maximum Gasteiger partial charge on any atom is 0.226 e. The molecule has 0 radical (unpaired) electrons. The minimum atomic E-state index is -1.42. The van der Waals surface area contributed by atoms with Crippen molar-refractivity contribution in [3.05, 3.63) is 35.9 Å². The third-order valence-electron chi connectivity index (χ3n) is 6.75. The van der Waals surface area contributed by atoms with Gasteiger partial charge in [-0.15, -0.1) is 0 Å². The van der Waals surface area contributed by atoms with Crippen LogP contribution in [-0.2, 0) is 16.0 Å². The highest BCUT2D eigenvalue weighted by Gasteiger charge is 2.69. The summed E-state index contributed by atoms with van der Waals surface area (Å²) in [6, 6.07) is 9.78. The number of rotatable bonds is 7. The number of hydrogen-bond donors (Lipinski definition) is 1. The van der Waals surface area contributed by atoms with E-state index in [1.165, 1.54) is 0 Å². The average molecular weight is 387 g/mol. The van der Waals surface area contributed by atoms with Gasteiger partial charge < -0.3 is 14.9 Å². The molecule has 0 bridgehead atoms. The van der Waals surface area contributed by atoms with Gasteiger partial charge in [0.05, 0.1) is 5.41 Å². The van der Waals surface area contributed by atoms with E-state index in [4.69, 9.17) is 0 Å². The monoisotopic (exact) mass is 386 g/mol. The Morgan fingerprint density at radius 2 is 1.71 bits per heavy atom. The molecule has 1 heterocycles. The summed E-state index contributed by atoms with van der Waals surface area (Å²) in [5, 5.41) is 12.0. The van der Waals surface area contributed by atoms with Gasteiger partial charge in [0.2, 0.25) is 5.91 Å². The molecule has 1 aromatic carbocycles. The lowest BCUT2D eigenvalue weighted by Crippen LogP contribution is -2.64. The van der Waals surface area contributed by atoms with E-state index in [1.807, 2.05) is 44.2 Å². The topological polar surface area (TPSA) is 60.9 Å². The van der Waals surface area contributed by atoms with E-state index >= 15 is 0 Å². The van der Waals surface area contributed by atoms with Crippen LogP contribution in [0.1, 0.15) is 52.5 Å². The summed E-state index contributed by atoms with van der Waals surface area (Å²) < 4.78 is 0. The van der Waals surface area contributed by atoms with Gasteiger partial charge in [-0.05, 0) is 30.5 Å². The van der Waals surface area contributed by atoms with E-state index in [2.05, 4.69) is 18.7 Å². The molecule has 1 saturated carbocycles. The molecule has 28 heavy (non-hydrogen) atoms. The van der Waals surface area contributed by atoms with E-state index in [0.29, 0.717) is 32.4 Å². The number of carbonyl (C=O) groups is 2. The van der Waals surface area contributed by atoms with Crippen LogP contribution in [0.2, 0.25) is 0 Å². The molecule has 1 N–H and O–H groups in total. The van der Waals surface area contributed by atoms with Gasteiger partial charge in [-0.25, -0.2) is 0 Å². The van der Waals surface area contributed by atoms with E-state index in [-0.39, 0.29) is 23.5 Å². The second-order valence-electron chi connectivity index (χ2n) is 9.25. The van der Waals surface area contributed by atoms with Gasteiger partial charge in [-0.1, -0.05) is 58.0 Å². The number of Topliss-reactive ketones (excluding diaryl/α,β-unsaturated/α-hetero) is 1. The predicted octanol–water partition coefficient (Wildman–Crippen LogP) is 2.87. The molecule has 0 spiro atoms. The molecular formula is C23H34N2O3. The van der Waals surface area contributed by atoms with Gasteiger partial charge in [0.15, 0.2) is 5.72 Å². The average Bonchev–Trinajstić information content (AvgIpc) is 2.83. The van der Waals surface area contributed by atoms with Crippen molar-refractivity contribution in [3.63, 3.8) is 0 Å². The van der Waals surface area contributed by atoms with Crippen molar-refractivity contribution < 1.29 is 14.7 Å². The first-order valence-corrected chi connectivity index (χ1v) is 10.5. The maximum absolute atomic E-state index is 13.4. The fourth-order valence-electron chi connectivity index (χ4n) is 5.22. The molecule has 1 aromatic rings. The fraction of sp³-hybridized carbons (Fsp3) is 0.652. The minimum absolute atomic E-state index is 0.0220. The van der Waals surface area contributed by atoms with Gasteiger partial charge in [0.25, 0.3) is 0 Å². The van der Waals surface area contributed by atoms with Gasteiger partial charge in [0, 0.05) is 32.4 Å². The summed E-state index contributed by atoms with van der Waals surface area (Å²) in [7, 11) is 0. The van der Waals surface area contributed by atoms with Gasteiger partial charge in [0.1, 0.15) is 5.78 Å². The number of likely N-dealkylation sites (N-methyl/N-ethyl adjacent to an activating group) is 1. The van der Waals surface area contributed by atoms with Crippen molar-refractivity contribution in [3.8, 4) is 0 Å². The summed E-state index contributed by atoms with van der Waals surface area (Å²) in [5.41, 5.74) is -1.81. The summed E-state index contributed by atoms with van der Waals surface area (Å²) in [6.45, 7) is 11.2. The third kappa shape index (κ3) is 3.50. The molecule has 2 aliphatic rings. The summed E-state index contributed by atoms with van der Waals surface area (Å²) in [4.78, 5) is 30.4. The van der Waals surface area contributed by atoms with Crippen molar-refractivity contribution in [2.24, 2.45) is 10.8 Å². The number of nitrogens with zero attached hydrogens (tertiary/aromatic N) is 2. The van der Waals surface area contributed by atoms with Crippen LogP contribution in [0.15, 0.2) is 30.3 Å². The standard InChI is InChI=1S/C23H34N2O3/c1-5-24(6-2)12-13-25-20(27)16-22(14-18-10-8-7-9-11-18)19(26)15-21(3,4)17-23(22,25)28/h7-11,28H,5-6,12-17H2,1-4H3. The number of benzene rings is 1. The van der Waals surface area contributed by atoms with Crippen molar-refractivity contribution in [2.45, 2.75) is 59.1 Å². The van der Waals surface area contributed by atoms with Crippen LogP contribution in [0, 0.1) is 10.8 Å². The molecule has 1 saturated heterocycles. The number of fused-ring (bicyclic) bond motifs is 1. The van der Waals surface area contributed by atoms with Crippen LogP contribution >= 0.6 is 0 Å². The normalized spacial score (nSPS) is 29.4. The largest absolute Gasteiger partial charge is 0.370 e. The predicted molar refractivity (Wildman–Crippen MR) is 110 cm³/mol. The quantitative estimate of drug-likeness (QED) is 0.783. The zero-order valence-corrected chi connectivity index (χ0v) is 17.7. The van der Waals surface area contributed by atoms with Crippen molar-refractivity contribution in [1.29, 1.82) is 0 Å². The number of amides is 1. The number of aliphatic hydroxyl groups is 1. The smallest absolute Gasteiger partial charge is 0.226 e. The highest BCUT2D eigenvalue weighted by Crippen LogP contribution is 2.57. The van der Waals surface area contributed by atoms with Crippen LogP contribution in [0.5, 0.6) is 0 Å². The molecule has 2 atom stereocenters. The van der Waals surface area contributed by atoms with Crippen molar-refractivity contribution >= 4 is 11.7 Å². The lowest BCUT2D eigenvalue weighted by atomic mass is 9.57. The fourth-order valence-corrected chi connectivity index (χ4v) is 5.22. The maximum atomic E-state index is 13.4. The number of hydrogen-bond acceptors (Lipinski definition) is 4. The first-order chi connectivity index (χ1) is 13.2. The van der Waals surface area contributed by atoms with E-state index in [1.54, 1.807) is 4.90 Å². The number of ketones is 1. The molecule has 1 amide bonds. The summed E-state index contributed by atoms with van der Waals surface area (Å²) in [6.07, 6.45) is 1.35. The van der Waals surface area contributed by atoms with Gasteiger partial charge in [-0.3, -0.25) is 9.59 Å². The molecule has 2 unspecified atom stereocenters. The lowest BCUT2D eigenvalue weighted by molar-refractivity contribution is -0.200. The molecule has 2 fully saturated rings. The van der Waals surface area contributed by atoms with E-state index < -0.39 is 11.1 Å². The molecule has 1 aliphatic carbocycles. The Bertz CT molecular complexity index is 729. The van der Waals surface area contributed by atoms with E-state index in [9.17, 15) is 14.7 Å². The Hall–Kier alpha value is -1.72. The minimum Gasteiger partial charge on any atom is -0.370 e. The highest BCUT2D eigenvalue weighted by molar-refractivity contribution is 5.96. The first-order valence-electron chi connectivity index (χ1n) is 10.5. The Labute approximate surface area is 168 Å². The number of likely N-dealkylation sites (tertiary alicyclic amines) is 1. The van der Waals surface area contributed by atoms with Crippen LogP contribution in [0.3, 0.4) is 0 Å². The van der Waals surface area contributed by atoms with Gasteiger partial charge >= 0.3 is 0 Å². The molecular weight excluding hydrogens is 352 g/mol. The van der Waals surface area contributed by atoms with Crippen molar-refractivity contribution in [1.82, 2.24) is 9.80 Å².